The van der Waals surface area contributed by atoms with E-state index in [9.17, 15) is 43.3 Å². The van der Waals surface area contributed by atoms with Crippen molar-refractivity contribution in [3.63, 3.8) is 0 Å². The van der Waals surface area contributed by atoms with E-state index in [1.54, 1.807) is 6.08 Å². The second-order valence-electron chi connectivity index (χ2n) is 11.8. The van der Waals surface area contributed by atoms with Gasteiger partial charge in [-0.3, -0.25) is 27.8 Å². The Labute approximate surface area is 293 Å². The number of nitrogens with zero attached hydrogens (tertiary/aromatic N) is 7. The van der Waals surface area contributed by atoms with Gasteiger partial charge in [-0.25, -0.2) is 24.3 Å². The Morgan fingerprint density at radius 3 is 2.54 bits per heavy atom. The molecule has 5 rings (SSSR count). The van der Waals surface area contributed by atoms with E-state index < -0.39 is 95.8 Å². The lowest BCUT2D eigenvalue weighted by atomic mass is 10.1. The maximum absolute atomic E-state index is 13.8. The van der Waals surface area contributed by atoms with Gasteiger partial charge in [0.2, 0.25) is 5.91 Å². The first kappa shape index (κ1) is 39.1. The van der Waals surface area contributed by atoms with Crippen LogP contribution in [-0.2, 0) is 42.0 Å². The van der Waals surface area contributed by atoms with Crippen molar-refractivity contribution in [1.29, 1.82) is 0 Å². The van der Waals surface area contributed by atoms with E-state index in [0.29, 0.717) is 6.42 Å². The van der Waals surface area contributed by atoms with Crippen LogP contribution in [0.25, 0.3) is 11.2 Å². The van der Waals surface area contributed by atoms with Crippen molar-refractivity contribution >= 4 is 50.1 Å². The highest BCUT2D eigenvalue weighted by molar-refractivity contribution is 7.53. The average Bonchev–Trinajstić information content (AvgIpc) is 3.78. The molecule has 0 aromatic carbocycles. The molecule has 2 unspecified atom stereocenters. The van der Waals surface area contributed by atoms with Crippen molar-refractivity contribution in [2.45, 2.75) is 61.8 Å². The van der Waals surface area contributed by atoms with Crippen LogP contribution in [0.4, 0.5) is 11.6 Å². The lowest BCUT2D eigenvalue weighted by Gasteiger charge is -2.26. The molecule has 8 N–H and O–H groups in total. The summed E-state index contributed by atoms with van der Waals surface area (Å²) in [5.74, 6) is -1.42. The zero-order valence-electron chi connectivity index (χ0n) is 27.4. The number of phosphoric acid groups is 1. The molecule has 3 aromatic rings. The number of allylic oxidation sites excluding steroid dienone is 1. The summed E-state index contributed by atoms with van der Waals surface area (Å²) >= 11 is 0. The predicted octanol–water partition coefficient (Wildman–Crippen LogP) is -1.19. The first-order chi connectivity index (χ1) is 24.5. The molecule has 23 nitrogen and oxygen atoms in total. The molecule has 2 aliphatic rings. The molecule has 52 heavy (non-hydrogen) atoms. The molecule has 25 heteroatoms. The number of esters is 1. The third-order valence-corrected chi connectivity index (χ3v) is 10.6. The quantitative estimate of drug-likeness (QED) is 0.0600. The lowest BCUT2D eigenvalue weighted by molar-refractivity contribution is -0.159. The van der Waals surface area contributed by atoms with E-state index in [4.69, 9.17) is 30.2 Å². The Morgan fingerprint density at radius 1 is 1.12 bits per heavy atom. The number of hydrogen-bond acceptors (Lipinski definition) is 17. The van der Waals surface area contributed by atoms with Crippen molar-refractivity contribution in [2.24, 2.45) is 0 Å². The zero-order valence-corrected chi connectivity index (χ0v) is 29.2. The molecule has 2 aliphatic heterocycles. The predicted molar refractivity (Wildman–Crippen MR) is 176 cm³/mol. The topological polar surface area (TPSA) is 329 Å². The van der Waals surface area contributed by atoms with E-state index in [1.165, 1.54) is 30.2 Å². The first-order valence-electron chi connectivity index (χ1n) is 15.5. The van der Waals surface area contributed by atoms with Gasteiger partial charge in [0, 0.05) is 26.1 Å². The van der Waals surface area contributed by atoms with Gasteiger partial charge in [0.1, 0.15) is 42.6 Å². The van der Waals surface area contributed by atoms with Crippen LogP contribution in [0, 0.1) is 0 Å². The Kier molecular flexibility index (Phi) is 11.9. The number of nitrogens with two attached hydrogens (primary N) is 2. The van der Waals surface area contributed by atoms with Gasteiger partial charge in [0.05, 0.1) is 31.3 Å². The van der Waals surface area contributed by atoms with Crippen molar-refractivity contribution < 1.29 is 61.8 Å². The van der Waals surface area contributed by atoms with E-state index >= 15 is 0 Å². The number of carbonyl (C=O) groups excluding carboxylic acids is 2. The number of rotatable bonds is 15. The number of ether oxygens (including phenoxy) is 3. The molecule has 1 amide bonds. The van der Waals surface area contributed by atoms with Gasteiger partial charge in [0.25, 0.3) is 0 Å². The molecule has 0 aliphatic carbocycles. The summed E-state index contributed by atoms with van der Waals surface area (Å²) in [5.41, 5.74) is 9.34. The Balaban J connectivity index is 1.38. The molecule has 8 atom stereocenters. The molecule has 284 valence electrons. The van der Waals surface area contributed by atoms with Gasteiger partial charge in [0.15, 0.2) is 23.8 Å². The summed E-state index contributed by atoms with van der Waals surface area (Å²) in [6.07, 6.45) is -3.53. The summed E-state index contributed by atoms with van der Waals surface area (Å²) in [5, 5.41) is 11.4. The molecule has 0 saturated carbocycles. The molecule has 5 heterocycles. The summed E-state index contributed by atoms with van der Waals surface area (Å²) < 4.78 is 54.8. The molecule has 2 saturated heterocycles. The van der Waals surface area contributed by atoms with E-state index in [-0.39, 0.29) is 35.1 Å². The maximum Gasteiger partial charge on any atom is 0.469 e. The minimum Gasteiger partial charge on any atom is -0.455 e. The SMILES string of the molecule is C=CCCC(=O)N(C)CC(=O)O[C@@H]1C(COP(=O)(O)[C@H]2C[C@H](n3ccc(N)nc3=O)O[C@@H]2COP(=O)(O)O)O[C@@H](n2cnc3c(N)ncnc32)[C@@H]1O. The van der Waals surface area contributed by atoms with Crippen LogP contribution in [0.5, 0.6) is 0 Å². The van der Waals surface area contributed by atoms with Crippen LogP contribution in [-0.4, -0.2) is 123 Å². The Morgan fingerprint density at radius 2 is 1.85 bits per heavy atom. The number of fused-ring (bicyclic) bond motifs is 1. The highest BCUT2D eigenvalue weighted by Crippen LogP contribution is 2.56. The number of aliphatic hydroxyl groups excluding tert-OH is 1. The third-order valence-electron chi connectivity index (χ3n) is 8.21. The van der Waals surface area contributed by atoms with Crippen molar-refractivity contribution in [2.75, 3.05) is 38.3 Å². The fraction of sp³-hybridized carbons (Fsp3) is 0.519. The number of amides is 1. The van der Waals surface area contributed by atoms with Crippen molar-refractivity contribution in [1.82, 2.24) is 34.0 Å². The Bertz CT molecular complexity index is 1960. The fourth-order valence-electron chi connectivity index (χ4n) is 5.64. The summed E-state index contributed by atoms with van der Waals surface area (Å²) in [6.45, 7) is 1.36. The number of anilines is 2. The molecule has 0 radical (unpaired) electrons. The van der Waals surface area contributed by atoms with Crippen LogP contribution in [0.15, 0.2) is 42.4 Å². The number of aromatic nitrogens is 6. The number of carbonyl (C=O) groups is 2. The zero-order chi connectivity index (χ0) is 38.0. The van der Waals surface area contributed by atoms with Crippen molar-refractivity contribution in [3.05, 3.63) is 48.1 Å². The summed E-state index contributed by atoms with van der Waals surface area (Å²) in [7, 11) is -8.61. The smallest absolute Gasteiger partial charge is 0.455 e. The second-order valence-corrected chi connectivity index (χ2v) is 15.1. The monoisotopic (exact) mass is 773 g/mol. The first-order valence-corrected chi connectivity index (χ1v) is 18.6. The second kappa shape index (κ2) is 15.8. The minimum absolute atomic E-state index is 0.0239. The standard InChI is InChI=1S/C27H37N9O14P2/c1-3-4-5-18(37)34(2)9-20(38)50-23-15(49-26(22(23)39)36-13-32-21-24(29)30-12-31-25(21)36)11-46-51(41,42)16-8-19(35-7-6-17(28)33-27(35)40)48-14(16)10-47-52(43,44)45/h3,6-7,12-16,19,22-23,26,39H,1,4-5,8-11H2,2H3,(H,41,42)(H2,28,33,40)(H2,29,30,31)(H2,43,44,45)/t14-,15?,16+,19-,22-,23-,26-/m1/s1. The fourth-order valence-corrected chi connectivity index (χ4v) is 7.56. The number of hydrogen-bond donors (Lipinski definition) is 6. The van der Waals surface area contributed by atoms with Gasteiger partial charge in [-0.2, -0.15) is 4.98 Å². The highest BCUT2D eigenvalue weighted by atomic mass is 31.2. The molecular formula is C27H37N9O14P2. The number of nitrogen functional groups attached to an aromatic ring is 2. The van der Waals surface area contributed by atoms with E-state index in [1.807, 2.05) is 0 Å². The minimum atomic E-state index is -5.08. The normalized spacial score (nSPS) is 25.9. The molecular weight excluding hydrogens is 736 g/mol. The van der Waals surface area contributed by atoms with Crippen LogP contribution < -0.4 is 17.2 Å². The van der Waals surface area contributed by atoms with Crippen LogP contribution in [0.2, 0.25) is 0 Å². The van der Waals surface area contributed by atoms with Gasteiger partial charge >= 0.3 is 27.1 Å². The van der Waals surface area contributed by atoms with Gasteiger partial charge in [-0.1, -0.05) is 6.08 Å². The summed E-state index contributed by atoms with van der Waals surface area (Å²) in [4.78, 5) is 84.5. The van der Waals surface area contributed by atoms with Crippen LogP contribution >= 0.6 is 15.4 Å². The number of phosphoric ester groups is 1. The highest BCUT2D eigenvalue weighted by Gasteiger charge is 2.52. The number of likely N-dealkylation sites (N-methyl/N-ethyl adjacent to an activating group) is 1. The maximum atomic E-state index is 13.8. The largest absolute Gasteiger partial charge is 0.469 e. The average molecular weight is 774 g/mol. The Hall–Kier alpha value is -4.15. The van der Waals surface area contributed by atoms with E-state index in [0.717, 1.165) is 15.8 Å². The third kappa shape index (κ3) is 8.89. The van der Waals surface area contributed by atoms with Crippen LogP contribution in [0.3, 0.4) is 0 Å². The van der Waals surface area contributed by atoms with Crippen molar-refractivity contribution in [3.8, 4) is 0 Å². The number of aliphatic hydroxyl groups is 1. The molecule has 0 spiro atoms. The molecule has 2 fully saturated rings. The molecule has 0 bridgehead atoms. The summed E-state index contributed by atoms with van der Waals surface area (Å²) in [6, 6.07) is 1.27. The van der Waals surface area contributed by atoms with Crippen LogP contribution in [0.1, 0.15) is 31.7 Å². The number of imidazole rings is 1. The van der Waals surface area contributed by atoms with Gasteiger partial charge in [-0.15, -0.1) is 6.58 Å². The van der Waals surface area contributed by atoms with E-state index in [2.05, 4.69) is 31.0 Å². The molecule has 3 aromatic heterocycles. The van der Waals surface area contributed by atoms with Gasteiger partial charge in [-0.05, 0) is 12.5 Å². The van der Waals surface area contributed by atoms with Gasteiger partial charge < -0.3 is 54.9 Å². The lowest BCUT2D eigenvalue weighted by Crippen LogP contribution is -2.41.